The Balaban J connectivity index is 1.80. The van der Waals surface area contributed by atoms with Gasteiger partial charge in [0.05, 0.1) is 25.5 Å². The van der Waals surface area contributed by atoms with Gasteiger partial charge in [0.15, 0.2) is 0 Å². The van der Waals surface area contributed by atoms with Crippen LogP contribution < -0.4 is 14.4 Å². The van der Waals surface area contributed by atoms with Crippen LogP contribution in [0, 0.1) is 0 Å². The minimum atomic E-state index is -0.315. The largest absolute Gasteiger partial charge is 0.497 e. The van der Waals surface area contributed by atoms with Crippen LogP contribution in [0.2, 0.25) is 0 Å². The lowest BCUT2D eigenvalue weighted by Gasteiger charge is -2.20. The van der Waals surface area contributed by atoms with Crippen LogP contribution in [0.4, 0.5) is 5.69 Å². The first-order valence-electron chi connectivity index (χ1n) is 9.30. The Hall–Kier alpha value is -3.28. The van der Waals surface area contributed by atoms with E-state index in [1.807, 2.05) is 17.0 Å². The van der Waals surface area contributed by atoms with Crippen molar-refractivity contribution in [3.63, 3.8) is 0 Å². The molecule has 0 atom stereocenters. The van der Waals surface area contributed by atoms with Gasteiger partial charge in [-0.25, -0.2) is 4.90 Å². The molecule has 6 heteroatoms. The van der Waals surface area contributed by atoms with E-state index in [-0.39, 0.29) is 11.8 Å². The SMILES string of the molecule is COc1ccc(C2=C(N3CCCC3)C(=O)N(c3cccc(OC)c3)C2=O)cc1. The fraction of sp³-hybridized carbons (Fsp3) is 0.273. The molecule has 0 radical (unpaired) electrons. The average Bonchev–Trinajstić information content (AvgIpc) is 3.34. The molecule has 0 aliphatic carbocycles. The van der Waals surface area contributed by atoms with E-state index < -0.39 is 0 Å². The van der Waals surface area contributed by atoms with Gasteiger partial charge < -0.3 is 14.4 Å². The molecule has 1 fully saturated rings. The normalized spacial score (nSPS) is 16.9. The standard InChI is InChI=1S/C22H22N2O4/c1-27-17-10-8-15(9-11-17)19-20(23-12-3-4-13-23)22(26)24(21(19)25)16-6-5-7-18(14-16)28-2/h5-11,14H,3-4,12-13H2,1-2H3. The van der Waals surface area contributed by atoms with Crippen molar-refractivity contribution in [3.05, 3.63) is 59.8 Å². The molecule has 4 rings (SSSR count). The summed E-state index contributed by atoms with van der Waals surface area (Å²) >= 11 is 0. The van der Waals surface area contributed by atoms with Gasteiger partial charge in [0, 0.05) is 19.2 Å². The smallest absolute Gasteiger partial charge is 0.282 e. The zero-order chi connectivity index (χ0) is 19.7. The van der Waals surface area contributed by atoms with E-state index in [1.165, 1.54) is 4.90 Å². The zero-order valence-corrected chi connectivity index (χ0v) is 16.0. The molecule has 6 nitrogen and oxygen atoms in total. The highest BCUT2D eigenvalue weighted by Gasteiger charge is 2.43. The highest BCUT2D eigenvalue weighted by molar-refractivity contribution is 6.45. The Morgan fingerprint density at radius 3 is 2.14 bits per heavy atom. The van der Waals surface area contributed by atoms with E-state index in [2.05, 4.69) is 0 Å². The number of nitrogens with zero attached hydrogens (tertiary/aromatic N) is 2. The molecule has 0 unspecified atom stereocenters. The van der Waals surface area contributed by atoms with E-state index in [4.69, 9.17) is 9.47 Å². The maximum atomic E-state index is 13.4. The third-order valence-electron chi connectivity index (χ3n) is 5.17. The average molecular weight is 378 g/mol. The number of carbonyl (C=O) groups excluding carboxylic acids is 2. The summed E-state index contributed by atoms with van der Waals surface area (Å²) in [7, 11) is 3.15. The fourth-order valence-electron chi connectivity index (χ4n) is 3.75. The zero-order valence-electron chi connectivity index (χ0n) is 16.0. The number of methoxy groups -OCH3 is 2. The van der Waals surface area contributed by atoms with Crippen LogP contribution in [0.1, 0.15) is 18.4 Å². The second-order valence-electron chi connectivity index (χ2n) is 6.79. The molecule has 28 heavy (non-hydrogen) atoms. The minimum Gasteiger partial charge on any atom is -0.497 e. The van der Waals surface area contributed by atoms with Crippen molar-refractivity contribution in [2.45, 2.75) is 12.8 Å². The van der Waals surface area contributed by atoms with Gasteiger partial charge in [0.25, 0.3) is 11.8 Å². The molecule has 144 valence electrons. The molecule has 0 N–H and O–H groups in total. The number of rotatable bonds is 5. The predicted octanol–water partition coefficient (Wildman–Crippen LogP) is 3.08. The first kappa shape index (κ1) is 18.1. The van der Waals surface area contributed by atoms with Crippen LogP contribution in [0.15, 0.2) is 54.2 Å². The first-order valence-corrected chi connectivity index (χ1v) is 9.30. The number of anilines is 1. The van der Waals surface area contributed by atoms with Gasteiger partial charge >= 0.3 is 0 Å². The maximum absolute atomic E-state index is 13.4. The molecule has 2 heterocycles. The van der Waals surface area contributed by atoms with Crippen molar-refractivity contribution in [2.75, 3.05) is 32.2 Å². The third kappa shape index (κ3) is 3.01. The van der Waals surface area contributed by atoms with Crippen LogP contribution in [-0.4, -0.2) is 44.0 Å². The summed E-state index contributed by atoms with van der Waals surface area (Å²) in [5, 5.41) is 0. The van der Waals surface area contributed by atoms with Gasteiger partial charge in [-0.05, 0) is 42.7 Å². The van der Waals surface area contributed by atoms with Crippen LogP contribution in [-0.2, 0) is 9.59 Å². The summed E-state index contributed by atoms with van der Waals surface area (Å²) < 4.78 is 10.5. The molecule has 2 aliphatic rings. The van der Waals surface area contributed by atoms with E-state index in [0.29, 0.717) is 34.0 Å². The van der Waals surface area contributed by atoms with E-state index >= 15 is 0 Å². The molecular formula is C22H22N2O4. The van der Waals surface area contributed by atoms with Gasteiger partial charge in [-0.1, -0.05) is 18.2 Å². The van der Waals surface area contributed by atoms with Crippen molar-refractivity contribution >= 4 is 23.1 Å². The second-order valence-corrected chi connectivity index (χ2v) is 6.79. The molecular weight excluding hydrogens is 356 g/mol. The molecule has 2 amide bonds. The number of carbonyl (C=O) groups is 2. The fourth-order valence-corrected chi connectivity index (χ4v) is 3.75. The lowest BCUT2D eigenvalue weighted by atomic mass is 10.0. The van der Waals surface area contributed by atoms with Crippen molar-refractivity contribution < 1.29 is 19.1 Å². The number of hydrogen-bond acceptors (Lipinski definition) is 5. The molecule has 2 aromatic rings. The minimum absolute atomic E-state index is 0.286. The lowest BCUT2D eigenvalue weighted by molar-refractivity contribution is -0.120. The highest BCUT2D eigenvalue weighted by atomic mass is 16.5. The molecule has 0 aromatic heterocycles. The molecule has 2 aromatic carbocycles. The first-order chi connectivity index (χ1) is 13.6. The van der Waals surface area contributed by atoms with Crippen LogP contribution in [0.25, 0.3) is 5.57 Å². The van der Waals surface area contributed by atoms with Crippen LogP contribution in [0.5, 0.6) is 11.5 Å². The molecule has 1 saturated heterocycles. The Bertz CT molecular complexity index is 943. The van der Waals surface area contributed by atoms with Gasteiger partial charge in [-0.15, -0.1) is 0 Å². The maximum Gasteiger partial charge on any atom is 0.282 e. The summed E-state index contributed by atoms with van der Waals surface area (Å²) in [5.74, 6) is 0.698. The third-order valence-corrected chi connectivity index (χ3v) is 5.17. The summed E-state index contributed by atoms with van der Waals surface area (Å²) in [4.78, 5) is 30.0. The molecule has 0 saturated carbocycles. The van der Waals surface area contributed by atoms with Gasteiger partial charge in [-0.3, -0.25) is 9.59 Å². The van der Waals surface area contributed by atoms with E-state index in [0.717, 1.165) is 25.9 Å². The Morgan fingerprint density at radius 1 is 0.821 bits per heavy atom. The van der Waals surface area contributed by atoms with Crippen molar-refractivity contribution in [1.29, 1.82) is 0 Å². The lowest BCUT2D eigenvalue weighted by Crippen LogP contribution is -2.34. The number of amides is 2. The van der Waals surface area contributed by atoms with Gasteiger partial charge in [0.2, 0.25) is 0 Å². The Kier molecular flexibility index (Phi) is 4.77. The van der Waals surface area contributed by atoms with Crippen molar-refractivity contribution in [2.24, 2.45) is 0 Å². The summed E-state index contributed by atoms with van der Waals surface area (Å²) in [6, 6.07) is 14.3. The van der Waals surface area contributed by atoms with Crippen molar-refractivity contribution in [1.82, 2.24) is 4.90 Å². The quantitative estimate of drug-likeness (QED) is 0.749. The summed E-state index contributed by atoms with van der Waals surface area (Å²) in [5.41, 5.74) is 2.15. The van der Waals surface area contributed by atoms with Crippen LogP contribution in [0.3, 0.4) is 0 Å². The summed E-state index contributed by atoms with van der Waals surface area (Å²) in [6.07, 6.45) is 2.03. The Labute approximate surface area is 164 Å². The predicted molar refractivity (Wildman–Crippen MR) is 106 cm³/mol. The Morgan fingerprint density at radius 2 is 1.50 bits per heavy atom. The van der Waals surface area contributed by atoms with E-state index in [9.17, 15) is 9.59 Å². The number of hydrogen-bond donors (Lipinski definition) is 0. The summed E-state index contributed by atoms with van der Waals surface area (Å²) in [6.45, 7) is 1.56. The number of imide groups is 1. The van der Waals surface area contributed by atoms with E-state index in [1.54, 1.807) is 50.6 Å². The number of benzene rings is 2. The van der Waals surface area contributed by atoms with Crippen LogP contribution >= 0.6 is 0 Å². The molecule has 2 aliphatic heterocycles. The number of likely N-dealkylation sites (tertiary alicyclic amines) is 1. The van der Waals surface area contributed by atoms with Crippen molar-refractivity contribution in [3.8, 4) is 11.5 Å². The van der Waals surface area contributed by atoms with Gasteiger partial charge in [-0.2, -0.15) is 0 Å². The van der Waals surface area contributed by atoms with Gasteiger partial charge in [0.1, 0.15) is 17.2 Å². The molecule has 0 bridgehead atoms. The molecule has 0 spiro atoms. The number of ether oxygens (including phenoxy) is 2. The second kappa shape index (κ2) is 7.38. The topological polar surface area (TPSA) is 59.1 Å². The monoisotopic (exact) mass is 378 g/mol. The highest BCUT2D eigenvalue weighted by Crippen LogP contribution is 2.37.